The van der Waals surface area contributed by atoms with E-state index in [0.717, 1.165) is 19.3 Å². The molecule has 2 bridgehead atoms. The van der Waals surface area contributed by atoms with Crippen molar-refractivity contribution in [2.75, 3.05) is 0 Å². The van der Waals surface area contributed by atoms with Crippen LogP contribution in [0.15, 0.2) is 0 Å². The second-order valence-corrected chi connectivity index (χ2v) is 8.66. The number of fused-ring (bicyclic) bond motifs is 2. The van der Waals surface area contributed by atoms with Crippen LogP contribution in [-0.2, 0) is 33.6 Å². The lowest BCUT2D eigenvalue weighted by atomic mass is 9.58. The van der Waals surface area contributed by atoms with Gasteiger partial charge in [0, 0.05) is 18.3 Å². The maximum atomic E-state index is 12.1. The van der Waals surface area contributed by atoms with Gasteiger partial charge in [-0.3, -0.25) is 9.59 Å². The zero-order valence-corrected chi connectivity index (χ0v) is 16.0. The molecule has 1 spiro atoms. The Balaban J connectivity index is 1.58. The highest BCUT2D eigenvalue weighted by molar-refractivity contribution is 5.76. The molecule has 27 heavy (non-hydrogen) atoms. The number of carbonyl (C=O) groups is 2. The van der Waals surface area contributed by atoms with Crippen molar-refractivity contribution in [1.29, 1.82) is 0 Å². The molecular weight excluding hydrogens is 356 g/mol. The molecule has 5 rings (SSSR count). The predicted molar refractivity (Wildman–Crippen MR) is 89.8 cm³/mol. The summed E-state index contributed by atoms with van der Waals surface area (Å²) in [5.41, 5.74) is -0.697. The molecule has 8 nitrogen and oxygen atoms in total. The summed E-state index contributed by atoms with van der Waals surface area (Å²) in [7, 11) is 0. The van der Waals surface area contributed by atoms with Gasteiger partial charge in [0.05, 0.1) is 12.8 Å². The van der Waals surface area contributed by atoms with E-state index >= 15 is 0 Å². The third kappa shape index (κ3) is 3.06. The van der Waals surface area contributed by atoms with Gasteiger partial charge in [-0.05, 0) is 38.0 Å². The lowest BCUT2D eigenvalue weighted by Gasteiger charge is -2.59. The van der Waals surface area contributed by atoms with E-state index in [-0.39, 0.29) is 30.6 Å². The van der Waals surface area contributed by atoms with Crippen LogP contribution >= 0.6 is 0 Å². The van der Waals surface area contributed by atoms with E-state index in [1.807, 2.05) is 13.8 Å². The summed E-state index contributed by atoms with van der Waals surface area (Å²) in [5, 5.41) is 8.76. The third-order valence-corrected chi connectivity index (χ3v) is 6.89. The van der Waals surface area contributed by atoms with Gasteiger partial charge in [0.25, 0.3) is 0 Å². The van der Waals surface area contributed by atoms with Crippen LogP contribution in [0.25, 0.3) is 0 Å². The molecule has 8 atom stereocenters. The number of carbonyl (C=O) groups excluding carboxylic acids is 1. The Labute approximate surface area is 158 Å². The van der Waals surface area contributed by atoms with Crippen LogP contribution in [0.1, 0.15) is 59.3 Å². The van der Waals surface area contributed by atoms with Crippen molar-refractivity contribution in [1.82, 2.24) is 0 Å². The van der Waals surface area contributed by atoms with Gasteiger partial charge in [0.2, 0.25) is 12.1 Å². The van der Waals surface area contributed by atoms with Gasteiger partial charge < -0.3 is 19.3 Å². The molecule has 152 valence electrons. The summed E-state index contributed by atoms with van der Waals surface area (Å²) in [6, 6.07) is 0. The van der Waals surface area contributed by atoms with E-state index in [0.29, 0.717) is 12.3 Å². The molecule has 0 radical (unpaired) electrons. The van der Waals surface area contributed by atoms with Crippen molar-refractivity contribution >= 4 is 11.9 Å². The summed E-state index contributed by atoms with van der Waals surface area (Å²) in [6.07, 6.45) is 1.72. The van der Waals surface area contributed by atoms with Crippen molar-refractivity contribution in [2.24, 2.45) is 23.7 Å². The van der Waals surface area contributed by atoms with Crippen molar-refractivity contribution < 1.29 is 38.7 Å². The molecule has 5 fully saturated rings. The van der Waals surface area contributed by atoms with E-state index in [1.54, 1.807) is 0 Å². The van der Waals surface area contributed by atoms with E-state index in [2.05, 4.69) is 6.92 Å². The summed E-state index contributed by atoms with van der Waals surface area (Å²) in [4.78, 5) is 34.5. The van der Waals surface area contributed by atoms with E-state index < -0.39 is 35.9 Å². The number of carboxylic acids is 1. The van der Waals surface area contributed by atoms with Gasteiger partial charge in [-0.2, -0.15) is 0 Å². The van der Waals surface area contributed by atoms with Crippen LogP contribution in [0.4, 0.5) is 0 Å². The first-order chi connectivity index (χ1) is 12.7. The summed E-state index contributed by atoms with van der Waals surface area (Å²) in [5.74, 6) is -1.82. The van der Waals surface area contributed by atoms with Crippen molar-refractivity contribution in [3.05, 3.63) is 0 Å². The number of aliphatic carboxylic acids is 1. The van der Waals surface area contributed by atoms with Crippen molar-refractivity contribution in [3.63, 3.8) is 0 Å². The van der Waals surface area contributed by atoms with Crippen molar-refractivity contribution in [3.8, 4) is 0 Å². The maximum Gasteiger partial charge on any atom is 0.308 e. The third-order valence-electron chi connectivity index (χ3n) is 6.89. The fraction of sp³-hybridized carbons (Fsp3) is 0.895. The molecule has 8 heteroatoms. The molecule has 1 saturated carbocycles. The van der Waals surface area contributed by atoms with Crippen LogP contribution in [0.3, 0.4) is 0 Å². The predicted octanol–water partition coefficient (Wildman–Crippen LogP) is 2.60. The Morgan fingerprint density at radius 3 is 2.63 bits per heavy atom. The molecule has 0 amide bonds. The van der Waals surface area contributed by atoms with Gasteiger partial charge >= 0.3 is 11.9 Å². The molecule has 1 aliphatic carbocycles. The second kappa shape index (κ2) is 6.69. The first-order valence-electron chi connectivity index (χ1n) is 9.86. The van der Waals surface area contributed by atoms with Crippen molar-refractivity contribution in [2.45, 2.75) is 83.3 Å². The average Bonchev–Trinajstić information content (AvgIpc) is 2.84. The summed E-state index contributed by atoms with van der Waals surface area (Å²) >= 11 is 0. The normalized spacial score (nSPS) is 48.4. The van der Waals surface area contributed by atoms with Crippen LogP contribution < -0.4 is 0 Å². The number of hydrogen-bond donors (Lipinski definition) is 1. The molecule has 0 aromatic heterocycles. The van der Waals surface area contributed by atoms with E-state index in [1.165, 1.54) is 0 Å². The van der Waals surface area contributed by atoms with Crippen LogP contribution in [-0.4, -0.2) is 41.0 Å². The molecule has 0 aromatic rings. The Morgan fingerprint density at radius 2 is 1.89 bits per heavy atom. The monoisotopic (exact) mass is 384 g/mol. The van der Waals surface area contributed by atoms with Crippen LogP contribution in [0, 0.1) is 23.7 Å². The lowest BCUT2D eigenvalue weighted by Crippen LogP contribution is -2.70. The second-order valence-electron chi connectivity index (χ2n) is 8.66. The minimum Gasteiger partial charge on any atom is -0.481 e. The number of rotatable bonds is 4. The molecule has 5 unspecified atom stereocenters. The Kier molecular flexibility index (Phi) is 4.73. The first-order valence-corrected chi connectivity index (χ1v) is 9.86. The Morgan fingerprint density at radius 1 is 1.11 bits per heavy atom. The van der Waals surface area contributed by atoms with Gasteiger partial charge in [0.15, 0.2) is 11.9 Å². The number of carboxylic acid groups (broad SMARTS) is 1. The van der Waals surface area contributed by atoms with Crippen LogP contribution in [0.5, 0.6) is 0 Å². The highest BCUT2D eigenvalue weighted by Gasteiger charge is 2.69. The molecule has 5 aliphatic rings. The minimum absolute atomic E-state index is 0.0670. The Hall–Kier alpha value is -1.22. The quantitative estimate of drug-likeness (QED) is 0.583. The molecule has 4 saturated heterocycles. The van der Waals surface area contributed by atoms with E-state index in [4.69, 9.17) is 29.1 Å². The summed E-state index contributed by atoms with van der Waals surface area (Å²) in [6.45, 7) is 6.06. The maximum absolute atomic E-state index is 12.1. The summed E-state index contributed by atoms with van der Waals surface area (Å²) < 4.78 is 17.8. The first kappa shape index (κ1) is 19.1. The fourth-order valence-electron chi connectivity index (χ4n) is 5.40. The molecule has 4 aliphatic heterocycles. The SMILES string of the molecule is CC1CCC2[C@@H](C)C(OC(=O)CCC(=O)O)OC3O[C@]4(C)CCC1[C@]32OO4. The fourth-order valence-corrected chi connectivity index (χ4v) is 5.40. The number of esters is 1. The highest BCUT2D eigenvalue weighted by atomic mass is 17.3. The number of hydrogen-bond acceptors (Lipinski definition) is 7. The number of ether oxygens (including phenoxy) is 3. The topological polar surface area (TPSA) is 101 Å². The van der Waals surface area contributed by atoms with Gasteiger partial charge in [-0.15, -0.1) is 0 Å². The smallest absolute Gasteiger partial charge is 0.308 e. The van der Waals surface area contributed by atoms with Gasteiger partial charge in [-0.25, -0.2) is 9.78 Å². The molecule has 1 N–H and O–H groups in total. The zero-order valence-electron chi connectivity index (χ0n) is 16.0. The lowest BCUT2D eigenvalue weighted by molar-refractivity contribution is -0.576. The van der Waals surface area contributed by atoms with Gasteiger partial charge in [-0.1, -0.05) is 13.8 Å². The standard InChI is InChI=1S/C19H28O8/c1-10-4-5-13-11(2)16(23-15(22)7-6-14(20)21)24-17-19(13)12(10)8-9-18(3,25-17)26-27-19/h10-13,16-17H,4-9H2,1-3H3,(H,20,21)/t10?,11-,12?,13?,16?,17?,18+,19-/m1/s1. The largest absolute Gasteiger partial charge is 0.481 e. The van der Waals surface area contributed by atoms with E-state index in [9.17, 15) is 9.59 Å². The average molecular weight is 384 g/mol. The molecular formula is C19H28O8. The Bertz CT molecular complexity index is 623. The van der Waals surface area contributed by atoms with Crippen LogP contribution in [0.2, 0.25) is 0 Å². The zero-order chi connectivity index (χ0) is 19.4. The minimum atomic E-state index is -1.03. The molecule has 4 heterocycles. The highest BCUT2D eigenvalue weighted by Crippen LogP contribution is 2.60. The molecule has 0 aromatic carbocycles. The van der Waals surface area contributed by atoms with Gasteiger partial charge in [0.1, 0.15) is 0 Å².